The fourth-order valence-electron chi connectivity index (χ4n) is 2.39. The van der Waals surface area contributed by atoms with Crippen molar-refractivity contribution in [1.82, 2.24) is 14.8 Å². The molecule has 0 saturated carbocycles. The first-order valence-corrected chi connectivity index (χ1v) is 10.3. The van der Waals surface area contributed by atoms with Crippen molar-refractivity contribution in [1.29, 1.82) is 0 Å². The summed E-state index contributed by atoms with van der Waals surface area (Å²) in [5.74, 6) is -0.399. The van der Waals surface area contributed by atoms with Gasteiger partial charge in [-0.15, -0.1) is 5.10 Å². The largest absolute Gasteiger partial charge is 0.478 e. The van der Waals surface area contributed by atoms with E-state index in [1.165, 1.54) is 0 Å². The Morgan fingerprint density at radius 3 is 2.68 bits per heavy atom. The van der Waals surface area contributed by atoms with Crippen LogP contribution in [0.15, 0.2) is 48.5 Å². The van der Waals surface area contributed by atoms with E-state index in [9.17, 15) is 13.2 Å². The third-order valence-corrected chi connectivity index (χ3v) is 4.17. The van der Waals surface area contributed by atoms with Crippen LogP contribution in [0.1, 0.15) is 15.9 Å². The molecule has 9 nitrogen and oxygen atoms in total. The summed E-state index contributed by atoms with van der Waals surface area (Å²) in [4.78, 5) is 16.6. The van der Waals surface area contributed by atoms with Crippen LogP contribution < -0.4 is 15.8 Å². The maximum Gasteiger partial charge on any atom is 0.281 e. The number of ether oxygens (including phenoxy) is 1. The van der Waals surface area contributed by atoms with Crippen molar-refractivity contribution in [2.75, 3.05) is 23.2 Å². The molecule has 0 spiro atoms. The molecule has 1 heterocycles. The van der Waals surface area contributed by atoms with Crippen LogP contribution in [0.2, 0.25) is 0 Å². The molecule has 3 N–H and O–H groups in total. The number of rotatable bonds is 6. The van der Waals surface area contributed by atoms with E-state index in [-0.39, 0.29) is 11.9 Å². The van der Waals surface area contributed by atoms with E-state index in [2.05, 4.69) is 15.4 Å². The summed E-state index contributed by atoms with van der Waals surface area (Å²) in [5, 5.41) is 7.02. The fraction of sp³-hybridized carbons (Fsp3) is 0.167. The normalized spacial score (nSPS) is 11.2. The minimum absolute atomic E-state index is 0.0570. The van der Waals surface area contributed by atoms with E-state index in [1.807, 2.05) is 13.0 Å². The number of nitrogen functional groups attached to an aromatic ring is 1. The van der Waals surface area contributed by atoms with E-state index < -0.39 is 21.7 Å². The minimum Gasteiger partial charge on any atom is -0.478 e. The first kappa shape index (κ1) is 19.4. The standard InChI is InChI=1S/C18H19N5O4S/c1-12-5-3-6-13(9-12)16(24)23-17(19)21-18(22-23)20-14-7-4-8-15(10-14)27-11-28(2,25)26/h3-10H,11H2,1-2H3,(H3,19,20,21,22). The van der Waals surface area contributed by atoms with E-state index in [0.29, 0.717) is 17.0 Å². The average Bonchev–Trinajstić information content (AvgIpc) is 2.99. The van der Waals surface area contributed by atoms with Crippen LogP contribution in [0.5, 0.6) is 5.75 Å². The number of nitrogens with one attached hydrogen (secondary N) is 1. The summed E-state index contributed by atoms with van der Waals surface area (Å²) in [6.07, 6.45) is 1.08. The number of sulfone groups is 1. The van der Waals surface area contributed by atoms with Crippen LogP contribution in [0, 0.1) is 6.92 Å². The first-order valence-electron chi connectivity index (χ1n) is 8.23. The molecule has 0 aliphatic heterocycles. The summed E-state index contributed by atoms with van der Waals surface area (Å²) in [7, 11) is -3.26. The average molecular weight is 401 g/mol. The van der Waals surface area contributed by atoms with Crippen LogP contribution >= 0.6 is 0 Å². The number of anilines is 3. The van der Waals surface area contributed by atoms with Gasteiger partial charge >= 0.3 is 0 Å². The molecule has 0 amide bonds. The molecule has 0 bridgehead atoms. The highest BCUT2D eigenvalue weighted by Gasteiger charge is 2.16. The maximum absolute atomic E-state index is 12.6. The van der Waals surface area contributed by atoms with Gasteiger partial charge < -0.3 is 15.8 Å². The van der Waals surface area contributed by atoms with Gasteiger partial charge in [-0.25, -0.2) is 8.42 Å². The van der Waals surface area contributed by atoms with Crippen LogP contribution in [0.25, 0.3) is 0 Å². The highest BCUT2D eigenvalue weighted by atomic mass is 32.2. The van der Waals surface area contributed by atoms with E-state index in [0.717, 1.165) is 16.5 Å². The van der Waals surface area contributed by atoms with Gasteiger partial charge in [-0.2, -0.15) is 9.67 Å². The first-order chi connectivity index (χ1) is 13.2. The molecule has 0 saturated heterocycles. The van der Waals surface area contributed by atoms with E-state index in [4.69, 9.17) is 10.5 Å². The monoisotopic (exact) mass is 401 g/mol. The predicted octanol–water partition coefficient (Wildman–Crippen LogP) is 1.98. The Labute approximate surface area is 162 Å². The Morgan fingerprint density at radius 2 is 1.96 bits per heavy atom. The van der Waals surface area contributed by atoms with Crippen LogP contribution in [0.3, 0.4) is 0 Å². The van der Waals surface area contributed by atoms with Gasteiger partial charge in [0.1, 0.15) is 5.75 Å². The number of nitrogens with two attached hydrogens (primary N) is 1. The summed E-state index contributed by atoms with van der Waals surface area (Å²) >= 11 is 0. The van der Waals surface area contributed by atoms with Gasteiger partial charge in [0.15, 0.2) is 15.8 Å². The summed E-state index contributed by atoms with van der Waals surface area (Å²) < 4.78 is 28.7. The van der Waals surface area contributed by atoms with Gasteiger partial charge in [-0.3, -0.25) is 4.79 Å². The molecule has 28 heavy (non-hydrogen) atoms. The molecule has 3 aromatic rings. The lowest BCUT2D eigenvalue weighted by atomic mass is 10.1. The highest BCUT2D eigenvalue weighted by Crippen LogP contribution is 2.21. The summed E-state index contributed by atoms with van der Waals surface area (Å²) in [5.41, 5.74) is 7.76. The zero-order valence-electron chi connectivity index (χ0n) is 15.3. The van der Waals surface area contributed by atoms with Crippen molar-refractivity contribution in [3.63, 3.8) is 0 Å². The number of carbonyl (C=O) groups excluding carboxylic acids is 1. The lowest BCUT2D eigenvalue weighted by Crippen LogP contribution is -2.16. The third kappa shape index (κ3) is 4.86. The van der Waals surface area contributed by atoms with Crippen molar-refractivity contribution in [3.8, 4) is 5.75 Å². The van der Waals surface area contributed by atoms with Gasteiger partial charge in [0.05, 0.1) is 0 Å². The molecule has 0 aliphatic carbocycles. The number of hydrogen-bond donors (Lipinski definition) is 2. The van der Waals surface area contributed by atoms with Gasteiger partial charge in [0.25, 0.3) is 5.91 Å². The Balaban J connectivity index is 1.77. The molecule has 0 radical (unpaired) electrons. The summed E-state index contributed by atoms with van der Waals surface area (Å²) in [6.45, 7) is 1.88. The molecular formula is C18H19N5O4S. The number of benzene rings is 2. The summed E-state index contributed by atoms with van der Waals surface area (Å²) in [6, 6.07) is 13.7. The fourth-order valence-corrected chi connectivity index (χ4v) is 2.74. The van der Waals surface area contributed by atoms with Crippen molar-refractivity contribution in [2.24, 2.45) is 0 Å². The zero-order valence-corrected chi connectivity index (χ0v) is 16.1. The Morgan fingerprint density at radius 1 is 1.21 bits per heavy atom. The molecule has 146 valence electrons. The molecule has 1 aromatic heterocycles. The third-order valence-electron chi connectivity index (χ3n) is 3.62. The number of carbonyl (C=O) groups is 1. The highest BCUT2D eigenvalue weighted by molar-refractivity contribution is 7.90. The molecule has 10 heteroatoms. The van der Waals surface area contributed by atoms with Gasteiger partial charge in [-0.1, -0.05) is 23.8 Å². The second-order valence-corrected chi connectivity index (χ2v) is 8.31. The van der Waals surface area contributed by atoms with Gasteiger partial charge in [0, 0.05) is 23.6 Å². The number of hydrogen-bond acceptors (Lipinski definition) is 8. The smallest absolute Gasteiger partial charge is 0.281 e. The van der Waals surface area contributed by atoms with Gasteiger partial charge in [-0.05, 0) is 31.2 Å². The predicted molar refractivity (Wildman–Crippen MR) is 105 cm³/mol. The Bertz CT molecular complexity index is 1120. The van der Waals surface area contributed by atoms with E-state index >= 15 is 0 Å². The SMILES string of the molecule is Cc1cccc(C(=O)n2nc(Nc3cccc(OCS(C)(=O)=O)c3)nc2N)c1. The second kappa shape index (κ2) is 7.69. The Hall–Kier alpha value is -3.40. The van der Waals surface area contributed by atoms with Crippen LogP contribution in [-0.4, -0.2) is 41.3 Å². The van der Waals surface area contributed by atoms with Crippen molar-refractivity contribution >= 4 is 33.3 Å². The maximum atomic E-state index is 12.6. The van der Waals surface area contributed by atoms with Gasteiger partial charge in [0.2, 0.25) is 11.9 Å². The number of nitrogens with zero attached hydrogens (tertiary/aromatic N) is 3. The zero-order chi connectivity index (χ0) is 20.3. The number of aromatic nitrogens is 3. The van der Waals surface area contributed by atoms with Crippen LogP contribution in [0.4, 0.5) is 17.6 Å². The minimum atomic E-state index is -3.26. The van der Waals surface area contributed by atoms with Crippen molar-refractivity contribution in [3.05, 3.63) is 59.7 Å². The Kier molecular flexibility index (Phi) is 5.32. The van der Waals surface area contributed by atoms with Crippen molar-refractivity contribution < 1.29 is 17.9 Å². The molecule has 0 fully saturated rings. The lowest BCUT2D eigenvalue weighted by molar-refractivity contribution is 0.0948. The van der Waals surface area contributed by atoms with Crippen molar-refractivity contribution in [2.45, 2.75) is 6.92 Å². The van der Waals surface area contributed by atoms with E-state index in [1.54, 1.807) is 42.5 Å². The van der Waals surface area contributed by atoms with Crippen LogP contribution in [-0.2, 0) is 9.84 Å². The lowest BCUT2D eigenvalue weighted by Gasteiger charge is -2.07. The number of aryl methyl sites for hydroxylation is 1. The quantitative estimate of drug-likeness (QED) is 0.641. The molecule has 0 unspecified atom stereocenters. The molecule has 0 aliphatic rings. The molecule has 0 atom stereocenters. The molecular weight excluding hydrogens is 382 g/mol. The molecule has 3 rings (SSSR count). The molecule has 2 aromatic carbocycles. The topological polar surface area (TPSA) is 129 Å². The second-order valence-electron chi connectivity index (χ2n) is 6.22.